The van der Waals surface area contributed by atoms with Gasteiger partial charge in [0.1, 0.15) is 6.04 Å². The van der Waals surface area contributed by atoms with Crippen LogP contribution in [0.1, 0.15) is 20.3 Å². The smallest absolute Gasteiger partial charge is 0.337 e. The van der Waals surface area contributed by atoms with Crippen molar-refractivity contribution in [3.05, 3.63) is 0 Å². The zero-order valence-electron chi connectivity index (χ0n) is 14.2. The molecule has 0 aromatic rings. The second-order valence-corrected chi connectivity index (χ2v) is 12.8. The summed E-state index contributed by atoms with van der Waals surface area (Å²) in [6.45, 7) is 3.76. The summed E-state index contributed by atoms with van der Waals surface area (Å²) in [4.78, 5) is 74.0. The molecule has 0 saturated heterocycles. The van der Waals surface area contributed by atoms with E-state index in [1.165, 1.54) is 0 Å². The molecule has 0 fully saturated rings. The Labute approximate surface area is 154 Å². The fraction of sp³-hybridized carbons (Fsp3) is 0.875. The second kappa shape index (κ2) is 12.6. The molecular formula is C8H25NO14P4. The topological polar surface area (TPSA) is 293 Å². The first kappa shape index (κ1) is 31.7. The molecule has 0 spiro atoms. The maximum absolute atomic E-state index is 10.2. The number of aliphatic carboxylic acids is 1. The molecule has 166 valence electrons. The van der Waals surface area contributed by atoms with Crippen molar-refractivity contribution >= 4 is 36.4 Å². The van der Waals surface area contributed by atoms with Crippen molar-refractivity contribution < 1.29 is 67.3 Å². The van der Waals surface area contributed by atoms with Gasteiger partial charge in [0.25, 0.3) is 0 Å². The summed E-state index contributed by atoms with van der Waals surface area (Å²) in [6, 6.07) is -0.699. The van der Waals surface area contributed by atoms with Gasteiger partial charge in [0.2, 0.25) is 0 Å². The van der Waals surface area contributed by atoms with Gasteiger partial charge in [0.15, 0.2) is 11.8 Å². The number of nitrogens with two attached hydrogens (primary N) is 1. The van der Waals surface area contributed by atoms with Crippen LogP contribution in [0.3, 0.4) is 0 Å². The Morgan fingerprint density at radius 2 is 1.00 bits per heavy atom. The van der Waals surface area contributed by atoms with Gasteiger partial charge in [-0.15, -0.1) is 0 Å². The standard InChI is InChI=1S/C6H13NO2.2CH6O6P2/c1-3-4(2)5(7)6(8)9;2*2-8(3,4)1-9(5,6)7/h4-5H,3,7H2,1-2H3,(H,8,9);2*1H2,(H2,2,3,4)(H2,5,6,7)/t4-,5-;;/m0../s1. The van der Waals surface area contributed by atoms with Crippen molar-refractivity contribution in [3.8, 4) is 0 Å². The van der Waals surface area contributed by atoms with Crippen molar-refractivity contribution in [2.24, 2.45) is 11.7 Å². The molecule has 0 aromatic carbocycles. The Morgan fingerprint density at radius 1 is 0.778 bits per heavy atom. The highest BCUT2D eigenvalue weighted by molar-refractivity contribution is 7.69. The minimum atomic E-state index is -4.55. The van der Waals surface area contributed by atoms with Crippen molar-refractivity contribution in [2.45, 2.75) is 26.3 Å². The van der Waals surface area contributed by atoms with Crippen LogP contribution in [-0.4, -0.2) is 68.1 Å². The molecule has 0 aliphatic heterocycles. The maximum atomic E-state index is 10.2. The Kier molecular flexibility index (Phi) is 14.8. The SMILES string of the molecule is CC[C@H](C)[C@H](N)C(=O)O.O=P(O)(O)CP(=O)(O)O.O=P(O)(O)CP(=O)(O)O. The molecule has 0 amide bonds. The number of carboxylic acids is 1. The van der Waals surface area contributed by atoms with Gasteiger partial charge >= 0.3 is 36.4 Å². The van der Waals surface area contributed by atoms with Gasteiger partial charge < -0.3 is 50.0 Å². The average molecular weight is 483 g/mol. The second-order valence-electron chi connectivity index (χ2n) is 5.19. The molecule has 0 aliphatic rings. The quantitative estimate of drug-likeness (QED) is 0.195. The fourth-order valence-corrected chi connectivity index (χ4v) is 4.82. The summed E-state index contributed by atoms with van der Waals surface area (Å²) in [5, 5.41) is 8.36. The molecule has 0 aliphatic carbocycles. The van der Waals surface area contributed by atoms with Gasteiger partial charge in [0.05, 0.1) is 0 Å². The van der Waals surface area contributed by atoms with E-state index in [0.29, 0.717) is 0 Å². The van der Waals surface area contributed by atoms with E-state index in [1.54, 1.807) is 0 Å². The first-order valence-corrected chi connectivity index (χ1v) is 13.9. The fourth-order valence-electron chi connectivity index (χ4n) is 0.977. The van der Waals surface area contributed by atoms with E-state index >= 15 is 0 Å². The van der Waals surface area contributed by atoms with E-state index in [2.05, 4.69) is 0 Å². The Balaban J connectivity index is -0.000000320. The van der Waals surface area contributed by atoms with Gasteiger partial charge in [-0.3, -0.25) is 23.1 Å². The number of carbonyl (C=O) groups is 1. The molecule has 0 heterocycles. The van der Waals surface area contributed by atoms with E-state index in [-0.39, 0.29) is 5.92 Å². The van der Waals surface area contributed by atoms with Crippen LogP contribution >= 0.6 is 30.4 Å². The summed E-state index contributed by atoms with van der Waals surface area (Å²) in [5.74, 6) is -3.59. The Hall–Kier alpha value is 0.0300. The van der Waals surface area contributed by atoms with Crippen LogP contribution in [0.2, 0.25) is 0 Å². The van der Waals surface area contributed by atoms with Crippen LogP contribution in [0, 0.1) is 5.92 Å². The van der Waals surface area contributed by atoms with E-state index in [9.17, 15) is 23.1 Å². The molecule has 0 rings (SSSR count). The third kappa shape index (κ3) is 31.0. The van der Waals surface area contributed by atoms with Crippen LogP contribution < -0.4 is 5.73 Å². The van der Waals surface area contributed by atoms with Gasteiger partial charge in [-0.25, -0.2) is 0 Å². The third-order valence-electron chi connectivity index (χ3n) is 2.28. The minimum Gasteiger partial charge on any atom is -0.480 e. The molecule has 0 saturated carbocycles. The highest BCUT2D eigenvalue weighted by Gasteiger charge is 2.27. The zero-order chi connectivity index (χ0) is 22.9. The molecule has 2 atom stereocenters. The molecule has 0 bridgehead atoms. The molecule has 27 heavy (non-hydrogen) atoms. The number of hydrogen-bond donors (Lipinski definition) is 10. The van der Waals surface area contributed by atoms with E-state index < -0.39 is 54.2 Å². The van der Waals surface area contributed by atoms with Crippen LogP contribution in [0.5, 0.6) is 0 Å². The monoisotopic (exact) mass is 483 g/mol. The maximum Gasteiger partial charge on any atom is 0.337 e. The third-order valence-corrected chi connectivity index (χ3v) is 8.17. The van der Waals surface area contributed by atoms with Gasteiger partial charge in [-0.1, -0.05) is 20.3 Å². The summed E-state index contributed by atoms with van der Waals surface area (Å²) in [7, 11) is -18.2. The van der Waals surface area contributed by atoms with E-state index in [1.807, 2.05) is 13.8 Å². The van der Waals surface area contributed by atoms with E-state index in [4.69, 9.17) is 50.0 Å². The highest BCUT2D eigenvalue weighted by atomic mass is 31.2. The lowest BCUT2D eigenvalue weighted by Gasteiger charge is -2.11. The molecule has 0 unspecified atom stereocenters. The summed E-state index contributed by atoms with van der Waals surface area (Å²) in [5.41, 5.74) is 5.27. The minimum absolute atomic E-state index is 0.0718. The number of rotatable bonds is 7. The molecular weight excluding hydrogens is 458 g/mol. The summed E-state index contributed by atoms with van der Waals surface area (Å²) < 4.78 is 39.4. The lowest BCUT2D eigenvalue weighted by Crippen LogP contribution is -2.36. The lowest BCUT2D eigenvalue weighted by molar-refractivity contribution is -0.139. The molecule has 15 nitrogen and oxygen atoms in total. The molecule has 0 aromatic heterocycles. The van der Waals surface area contributed by atoms with Crippen molar-refractivity contribution in [1.29, 1.82) is 0 Å². The first-order valence-electron chi connectivity index (χ1n) is 6.67. The van der Waals surface area contributed by atoms with Crippen LogP contribution in [-0.2, 0) is 23.1 Å². The van der Waals surface area contributed by atoms with Crippen LogP contribution in [0.25, 0.3) is 0 Å². The van der Waals surface area contributed by atoms with Gasteiger partial charge in [-0.2, -0.15) is 0 Å². The predicted octanol–water partition coefficient (Wildman–Crippen LogP) is -0.957. The van der Waals surface area contributed by atoms with Crippen molar-refractivity contribution in [3.63, 3.8) is 0 Å². The van der Waals surface area contributed by atoms with Crippen molar-refractivity contribution in [1.82, 2.24) is 0 Å². The Morgan fingerprint density at radius 3 is 1.04 bits per heavy atom. The summed E-state index contributed by atoms with van der Waals surface area (Å²) >= 11 is 0. The van der Waals surface area contributed by atoms with Crippen LogP contribution in [0.4, 0.5) is 0 Å². The highest BCUT2D eigenvalue weighted by Crippen LogP contribution is 2.52. The zero-order valence-corrected chi connectivity index (χ0v) is 17.8. The Bertz CT molecular complexity index is 545. The average Bonchev–Trinajstić information content (AvgIpc) is 2.29. The lowest BCUT2D eigenvalue weighted by atomic mass is 10.0. The van der Waals surface area contributed by atoms with Crippen LogP contribution in [0.15, 0.2) is 0 Å². The first-order chi connectivity index (χ1) is 11.5. The van der Waals surface area contributed by atoms with Gasteiger partial charge in [-0.05, 0) is 5.92 Å². The molecule has 19 heteroatoms. The number of carboxylic acid groups (broad SMARTS) is 1. The van der Waals surface area contributed by atoms with Gasteiger partial charge in [0, 0.05) is 0 Å². The summed E-state index contributed by atoms with van der Waals surface area (Å²) in [6.07, 6.45) is 0.813. The largest absolute Gasteiger partial charge is 0.480 e. The molecule has 0 radical (unpaired) electrons. The molecule has 11 N–H and O–H groups in total. The van der Waals surface area contributed by atoms with Crippen molar-refractivity contribution in [2.75, 3.05) is 11.8 Å². The number of hydrogen-bond acceptors (Lipinski definition) is 6. The normalized spacial score (nSPS) is 14.8. The predicted molar refractivity (Wildman–Crippen MR) is 93.0 cm³/mol. The van der Waals surface area contributed by atoms with E-state index in [0.717, 1.165) is 6.42 Å².